The topological polar surface area (TPSA) is 67.2 Å². The Kier molecular flexibility index (Phi) is 5.21. The van der Waals surface area contributed by atoms with Gasteiger partial charge in [0.2, 0.25) is 5.91 Å². The summed E-state index contributed by atoms with van der Waals surface area (Å²) < 4.78 is 14.7. The Morgan fingerprint density at radius 1 is 1.11 bits per heavy atom. The average Bonchev–Trinajstić information content (AvgIpc) is 3.35. The van der Waals surface area contributed by atoms with Crippen molar-refractivity contribution in [2.75, 3.05) is 26.2 Å². The van der Waals surface area contributed by atoms with E-state index in [-0.39, 0.29) is 11.7 Å². The van der Waals surface area contributed by atoms with E-state index in [9.17, 15) is 9.18 Å². The summed E-state index contributed by atoms with van der Waals surface area (Å²) in [6.07, 6.45) is 0.473. The van der Waals surface area contributed by atoms with Gasteiger partial charge in [0.15, 0.2) is 5.82 Å². The molecule has 7 nitrogen and oxygen atoms in total. The lowest BCUT2D eigenvalue weighted by atomic mass is 10.2. The molecule has 0 saturated carbocycles. The highest BCUT2D eigenvalue weighted by atomic mass is 32.1. The van der Waals surface area contributed by atoms with E-state index in [1.165, 1.54) is 12.1 Å². The second-order valence-corrected chi connectivity index (χ2v) is 7.43. The highest BCUT2D eigenvalue weighted by molar-refractivity contribution is 7.10. The van der Waals surface area contributed by atoms with Gasteiger partial charge in [0.05, 0.1) is 18.7 Å². The second kappa shape index (κ2) is 7.93. The van der Waals surface area contributed by atoms with E-state index in [1.807, 2.05) is 22.4 Å². The van der Waals surface area contributed by atoms with E-state index in [1.54, 1.807) is 28.2 Å². The zero-order valence-electron chi connectivity index (χ0n) is 14.7. The third kappa shape index (κ3) is 4.20. The second-order valence-electron chi connectivity index (χ2n) is 6.40. The first-order valence-electron chi connectivity index (χ1n) is 8.75. The van der Waals surface area contributed by atoms with Gasteiger partial charge in [0.1, 0.15) is 5.82 Å². The maximum Gasteiger partial charge on any atom is 0.227 e. The van der Waals surface area contributed by atoms with Crippen molar-refractivity contribution in [3.63, 3.8) is 0 Å². The van der Waals surface area contributed by atoms with Gasteiger partial charge in [0.25, 0.3) is 0 Å². The molecular formula is C18H19FN6OS. The van der Waals surface area contributed by atoms with Crippen molar-refractivity contribution < 1.29 is 9.18 Å². The number of benzene rings is 1. The van der Waals surface area contributed by atoms with Gasteiger partial charge in [-0.2, -0.15) is 4.68 Å². The molecule has 0 spiro atoms. The van der Waals surface area contributed by atoms with Crippen LogP contribution in [0.3, 0.4) is 0 Å². The van der Waals surface area contributed by atoms with Crippen LogP contribution in [0.5, 0.6) is 0 Å². The minimum Gasteiger partial charge on any atom is -0.340 e. The predicted octanol–water partition coefficient (Wildman–Crippen LogP) is 1.75. The molecule has 2 aromatic heterocycles. The van der Waals surface area contributed by atoms with Crippen LogP contribution in [0.15, 0.2) is 41.8 Å². The van der Waals surface area contributed by atoms with Crippen LogP contribution in [0.4, 0.5) is 4.39 Å². The van der Waals surface area contributed by atoms with Crippen LogP contribution in [0.1, 0.15) is 10.7 Å². The Morgan fingerprint density at radius 2 is 1.89 bits per heavy atom. The average molecular weight is 386 g/mol. The molecule has 27 heavy (non-hydrogen) atoms. The summed E-state index contributed by atoms with van der Waals surface area (Å²) in [7, 11) is 0. The number of halogens is 1. The molecule has 1 aliphatic rings. The molecule has 1 saturated heterocycles. The summed E-state index contributed by atoms with van der Waals surface area (Å²) in [5, 5.41) is 13.9. The van der Waals surface area contributed by atoms with Crippen LogP contribution in [0, 0.1) is 5.82 Å². The number of amides is 1. The molecule has 0 radical (unpaired) electrons. The standard InChI is InChI=1S/C18H19FN6OS/c19-14-3-5-15(6-4-14)25-17(20-21-22-25)13-23-7-9-24(10-8-23)18(26)12-16-2-1-11-27-16/h1-6,11H,7-10,12-13H2. The highest BCUT2D eigenvalue weighted by Crippen LogP contribution is 2.14. The zero-order chi connectivity index (χ0) is 18.6. The lowest BCUT2D eigenvalue weighted by Crippen LogP contribution is -2.48. The van der Waals surface area contributed by atoms with Crippen LogP contribution in [0.2, 0.25) is 0 Å². The summed E-state index contributed by atoms with van der Waals surface area (Å²) in [6, 6.07) is 10.0. The number of piperazine rings is 1. The number of tetrazole rings is 1. The Labute approximate surface area is 160 Å². The fraction of sp³-hybridized carbons (Fsp3) is 0.333. The van der Waals surface area contributed by atoms with Crippen LogP contribution in [-0.2, 0) is 17.8 Å². The molecule has 0 bridgehead atoms. The molecule has 1 fully saturated rings. The maximum absolute atomic E-state index is 13.1. The fourth-order valence-electron chi connectivity index (χ4n) is 3.12. The van der Waals surface area contributed by atoms with Gasteiger partial charge in [-0.05, 0) is 46.1 Å². The van der Waals surface area contributed by atoms with Crippen LogP contribution in [-0.4, -0.2) is 62.1 Å². The first kappa shape index (κ1) is 17.7. The number of thiophene rings is 1. The number of carbonyl (C=O) groups excluding carboxylic acids is 1. The van der Waals surface area contributed by atoms with Crippen molar-refractivity contribution in [1.29, 1.82) is 0 Å². The number of nitrogens with zero attached hydrogens (tertiary/aromatic N) is 6. The van der Waals surface area contributed by atoms with E-state index >= 15 is 0 Å². The monoisotopic (exact) mass is 386 g/mol. The molecule has 1 aromatic carbocycles. The van der Waals surface area contributed by atoms with Gasteiger partial charge in [-0.15, -0.1) is 16.4 Å². The fourth-order valence-corrected chi connectivity index (χ4v) is 3.81. The zero-order valence-corrected chi connectivity index (χ0v) is 15.5. The van der Waals surface area contributed by atoms with Gasteiger partial charge in [0, 0.05) is 31.1 Å². The number of hydrogen-bond donors (Lipinski definition) is 0. The molecule has 0 unspecified atom stereocenters. The number of carbonyl (C=O) groups is 1. The Bertz CT molecular complexity index is 887. The molecule has 3 aromatic rings. The summed E-state index contributed by atoms with van der Waals surface area (Å²) in [4.78, 5) is 17.6. The Morgan fingerprint density at radius 3 is 2.59 bits per heavy atom. The molecule has 0 N–H and O–H groups in total. The van der Waals surface area contributed by atoms with Crippen LogP contribution in [0.25, 0.3) is 5.69 Å². The molecule has 1 aliphatic heterocycles. The third-order valence-corrected chi connectivity index (χ3v) is 5.48. The third-order valence-electron chi connectivity index (χ3n) is 4.60. The van der Waals surface area contributed by atoms with Gasteiger partial charge < -0.3 is 4.90 Å². The van der Waals surface area contributed by atoms with E-state index in [2.05, 4.69) is 20.4 Å². The first-order chi connectivity index (χ1) is 13.2. The van der Waals surface area contributed by atoms with E-state index in [4.69, 9.17) is 0 Å². The predicted molar refractivity (Wildman–Crippen MR) is 99.0 cm³/mol. The van der Waals surface area contributed by atoms with Crippen molar-refractivity contribution in [2.45, 2.75) is 13.0 Å². The molecule has 4 rings (SSSR count). The molecule has 9 heteroatoms. The summed E-state index contributed by atoms with van der Waals surface area (Å²) in [5.74, 6) is 0.574. The van der Waals surface area contributed by atoms with E-state index < -0.39 is 0 Å². The van der Waals surface area contributed by atoms with E-state index in [0.717, 1.165) is 23.7 Å². The van der Waals surface area contributed by atoms with Crippen molar-refractivity contribution >= 4 is 17.2 Å². The largest absolute Gasteiger partial charge is 0.340 e. The number of aromatic nitrogens is 4. The minimum atomic E-state index is -0.295. The maximum atomic E-state index is 13.1. The normalized spacial score (nSPS) is 15.2. The Balaban J connectivity index is 1.34. The summed E-state index contributed by atoms with van der Waals surface area (Å²) in [5.41, 5.74) is 0.723. The Hall–Kier alpha value is -2.65. The summed E-state index contributed by atoms with van der Waals surface area (Å²) >= 11 is 1.61. The molecule has 3 heterocycles. The van der Waals surface area contributed by atoms with Gasteiger partial charge in [-0.25, -0.2) is 4.39 Å². The van der Waals surface area contributed by atoms with Crippen LogP contribution < -0.4 is 0 Å². The highest BCUT2D eigenvalue weighted by Gasteiger charge is 2.23. The van der Waals surface area contributed by atoms with Crippen LogP contribution >= 0.6 is 11.3 Å². The molecule has 140 valence electrons. The molecular weight excluding hydrogens is 367 g/mol. The van der Waals surface area contributed by atoms with Crippen molar-refractivity contribution in [3.05, 3.63) is 58.3 Å². The first-order valence-corrected chi connectivity index (χ1v) is 9.63. The molecule has 0 atom stereocenters. The lowest BCUT2D eigenvalue weighted by molar-refractivity contribution is -0.132. The number of hydrogen-bond acceptors (Lipinski definition) is 6. The van der Waals surface area contributed by atoms with E-state index in [0.29, 0.717) is 31.9 Å². The molecule has 0 aliphatic carbocycles. The van der Waals surface area contributed by atoms with Crippen molar-refractivity contribution in [1.82, 2.24) is 30.0 Å². The van der Waals surface area contributed by atoms with Gasteiger partial charge >= 0.3 is 0 Å². The SMILES string of the molecule is O=C(Cc1cccs1)N1CCN(Cc2nnnn2-c2ccc(F)cc2)CC1. The quantitative estimate of drug-likeness (QED) is 0.668. The van der Waals surface area contributed by atoms with Crippen molar-refractivity contribution in [2.24, 2.45) is 0 Å². The van der Waals surface area contributed by atoms with Crippen molar-refractivity contribution in [3.8, 4) is 5.69 Å². The minimum absolute atomic E-state index is 0.174. The van der Waals surface area contributed by atoms with Gasteiger partial charge in [-0.1, -0.05) is 6.07 Å². The van der Waals surface area contributed by atoms with Gasteiger partial charge in [-0.3, -0.25) is 9.69 Å². The smallest absolute Gasteiger partial charge is 0.227 e. The molecule has 1 amide bonds. The lowest BCUT2D eigenvalue weighted by Gasteiger charge is -2.34. The summed E-state index contributed by atoms with van der Waals surface area (Å²) in [6.45, 7) is 3.51. The number of rotatable bonds is 5.